The summed E-state index contributed by atoms with van der Waals surface area (Å²) in [5, 5.41) is 0. The molecule has 1 saturated heterocycles. The average molecular weight is 333 g/mol. The lowest BCUT2D eigenvalue weighted by atomic mass is 9.74. The third kappa shape index (κ3) is 2.94. The standard InChI is InChI=1S/C21H36N2O/c1-14(2)19-18-15(20(18,3)4)13-23(19)17(24)12-16(22)21(5)10-8-6-7-9-11-21/h15-16,18-19H,1,6-13,22H2,2-5H3/t15-,16?,18-,19?/m0/s1. The zero-order chi connectivity index (χ0) is 17.7. The lowest BCUT2D eigenvalue weighted by Crippen LogP contribution is -2.47. The van der Waals surface area contributed by atoms with Gasteiger partial charge >= 0.3 is 0 Å². The van der Waals surface area contributed by atoms with Crippen LogP contribution in [0.2, 0.25) is 0 Å². The largest absolute Gasteiger partial charge is 0.335 e. The molecular formula is C21H36N2O. The van der Waals surface area contributed by atoms with Gasteiger partial charge in [0, 0.05) is 19.0 Å². The van der Waals surface area contributed by atoms with Gasteiger partial charge in [0.15, 0.2) is 0 Å². The zero-order valence-corrected chi connectivity index (χ0v) is 16.1. The molecule has 136 valence electrons. The van der Waals surface area contributed by atoms with Crippen molar-refractivity contribution < 1.29 is 4.79 Å². The Morgan fingerprint density at radius 2 is 1.79 bits per heavy atom. The quantitative estimate of drug-likeness (QED) is 0.622. The Balaban J connectivity index is 1.65. The lowest BCUT2D eigenvalue weighted by molar-refractivity contribution is -0.133. The van der Waals surface area contributed by atoms with Crippen LogP contribution in [0.4, 0.5) is 0 Å². The molecule has 0 spiro atoms. The summed E-state index contributed by atoms with van der Waals surface area (Å²) in [6.45, 7) is 14.1. The molecule has 0 radical (unpaired) electrons. The number of hydrogen-bond acceptors (Lipinski definition) is 2. The number of nitrogens with two attached hydrogens (primary N) is 1. The molecule has 0 aromatic heterocycles. The lowest BCUT2D eigenvalue weighted by Gasteiger charge is -2.37. The predicted octanol–water partition coefficient (Wildman–Crippen LogP) is 4.12. The van der Waals surface area contributed by atoms with Crippen molar-refractivity contribution in [2.45, 2.75) is 84.7 Å². The second kappa shape index (κ2) is 6.16. The summed E-state index contributed by atoms with van der Waals surface area (Å²) in [6.07, 6.45) is 7.99. The number of nitrogens with zero attached hydrogens (tertiary/aromatic N) is 1. The van der Waals surface area contributed by atoms with Crippen LogP contribution < -0.4 is 5.73 Å². The molecule has 4 atom stereocenters. The second-order valence-electron chi connectivity index (χ2n) is 9.67. The van der Waals surface area contributed by atoms with E-state index in [1.165, 1.54) is 38.5 Å². The summed E-state index contributed by atoms with van der Waals surface area (Å²) in [7, 11) is 0. The maximum atomic E-state index is 13.0. The summed E-state index contributed by atoms with van der Waals surface area (Å²) in [5.74, 6) is 1.50. The summed E-state index contributed by atoms with van der Waals surface area (Å²) < 4.78 is 0. The topological polar surface area (TPSA) is 46.3 Å². The smallest absolute Gasteiger partial charge is 0.224 e. The first kappa shape index (κ1) is 18.0. The third-order valence-corrected chi connectivity index (χ3v) is 7.57. The van der Waals surface area contributed by atoms with Gasteiger partial charge in [0.25, 0.3) is 0 Å². The molecule has 3 nitrogen and oxygen atoms in total. The zero-order valence-electron chi connectivity index (χ0n) is 16.1. The highest BCUT2D eigenvalue weighted by molar-refractivity contribution is 5.78. The molecule has 1 amide bonds. The second-order valence-corrected chi connectivity index (χ2v) is 9.67. The molecule has 0 aromatic carbocycles. The van der Waals surface area contributed by atoms with Gasteiger partial charge in [-0.15, -0.1) is 0 Å². The number of rotatable bonds is 4. The maximum absolute atomic E-state index is 13.0. The Hall–Kier alpha value is -0.830. The summed E-state index contributed by atoms with van der Waals surface area (Å²) >= 11 is 0. The summed E-state index contributed by atoms with van der Waals surface area (Å²) in [4.78, 5) is 15.1. The molecule has 0 bridgehead atoms. The molecule has 0 aromatic rings. The molecule has 3 aliphatic rings. The fraction of sp³-hybridized carbons (Fsp3) is 0.857. The van der Waals surface area contributed by atoms with E-state index in [1.54, 1.807) is 0 Å². The molecule has 3 rings (SSSR count). The minimum absolute atomic E-state index is 0.0150. The molecule has 2 unspecified atom stereocenters. The molecule has 24 heavy (non-hydrogen) atoms. The Labute approximate surface area is 148 Å². The van der Waals surface area contributed by atoms with Crippen molar-refractivity contribution >= 4 is 5.91 Å². The van der Waals surface area contributed by atoms with Crippen molar-refractivity contribution in [2.75, 3.05) is 6.54 Å². The number of likely N-dealkylation sites (tertiary alicyclic amines) is 1. The van der Waals surface area contributed by atoms with Crippen molar-refractivity contribution in [3.05, 3.63) is 12.2 Å². The third-order valence-electron chi connectivity index (χ3n) is 7.57. The summed E-state index contributed by atoms with van der Waals surface area (Å²) in [5.41, 5.74) is 8.21. The van der Waals surface area contributed by atoms with Crippen molar-refractivity contribution in [2.24, 2.45) is 28.4 Å². The van der Waals surface area contributed by atoms with E-state index >= 15 is 0 Å². The highest BCUT2D eigenvalue weighted by Crippen LogP contribution is 2.65. The Morgan fingerprint density at radius 3 is 2.33 bits per heavy atom. The molecule has 3 fully saturated rings. The fourth-order valence-corrected chi connectivity index (χ4v) is 5.57. The molecule has 2 aliphatic carbocycles. The van der Waals surface area contributed by atoms with Gasteiger partial charge in [0.2, 0.25) is 5.91 Å². The first-order chi connectivity index (χ1) is 11.2. The first-order valence-corrected chi connectivity index (χ1v) is 9.89. The van der Waals surface area contributed by atoms with E-state index in [-0.39, 0.29) is 23.4 Å². The highest BCUT2D eigenvalue weighted by Gasteiger charge is 2.67. The Kier molecular flexibility index (Phi) is 4.61. The number of hydrogen-bond donors (Lipinski definition) is 1. The minimum atomic E-state index is -0.0150. The van der Waals surface area contributed by atoms with E-state index in [0.29, 0.717) is 23.7 Å². The van der Waals surface area contributed by atoms with Gasteiger partial charge < -0.3 is 10.6 Å². The number of piperidine rings is 1. The average Bonchev–Trinajstić information content (AvgIpc) is 2.88. The number of amides is 1. The van der Waals surface area contributed by atoms with Crippen LogP contribution in [-0.4, -0.2) is 29.4 Å². The van der Waals surface area contributed by atoms with Crippen LogP contribution in [0.25, 0.3) is 0 Å². The SMILES string of the molecule is C=C(C)C1[C@@H]2[C@H](CN1C(=O)CC(N)C1(C)CCCCCC1)C2(C)C. The highest BCUT2D eigenvalue weighted by atomic mass is 16.2. The van der Waals surface area contributed by atoms with Crippen LogP contribution in [0.1, 0.15) is 72.6 Å². The Morgan fingerprint density at radius 1 is 1.21 bits per heavy atom. The van der Waals surface area contributed by atoms with Gasteiger partial charge in [-0.3, -0.25) is 4.79 Å². The number of fused-ring (bicyclic) bond motifs is 1. The van der Waals surface area contributed by atoms with Gasteiger partial charge in [-0.05, 0) is 42.4 Å². The van der Waals surface area contributed by atoms with Crippen molar-refractivity contribution in [1.29, 1.82) is 0 Å². The predicted molar refractivity (Wildman–Crippen MR) is 99.5 cm³/mol. The van der Waals surface area contributed by atoms with Crippen molar-refractivity contribution in [3.63, 3.8) is 0 Å². The van der Waals surface area contributed by atoms with Crippen LogP contribution in [0.3, 0.4) is 0 Å². The monoisotopic (exact) mass is 332 g/mol. The van der Waals surface area contributed by atoms with Crippen molar-refractivity contribution in [3.8, 4) is 0 Å². The maximum Gasteiger partial charge on any atom is 0.224 e. The van der Waals surface area contributed by atoms with Crippen LogP contribution >= 0.6 is 0 Å². The van der Waals surface area contributed by atoms with Gasteiger partial charge in [-0.25, -0.2) is 0 Å². The van der Waals surface area contributed by atoms with Gasteiger partial charge in [0.1, 0.15) is 0 Å². The minimum Gasteiger partial charge on any atom is -0.335 e. The van der Waals surface area contributed by atoms with E-state index in [1.807, 2.05) is 0 Å². The van der Waals surface area contributed by atoms with Crippen molar-refractivity contribution in [1.82, 2.24) is 4.90 Å². The van der Waals surface area contributed by atoms with E-state index in [2.05, 4.69) is 39.2 Å². The van der Waals surface area contributed by atoms with Gasteiger partial charge in [0.05, 0.1) is 6.04 Å². The molecule has 1 heterocycles. The van der Waals surface area contributed by atoms with Crippen LogP contribution in [0.5, 0.6) is 0 Å². The molecule has 1 aliphatic heterocycles. The molecule has 2 N–H and O–H groups in total. The first-order valence-electron chi connectivity index (χ1n) is 9.89. The van der Waals surface area contributed by atoms with Crippen LogP contribution in [-0.2, 0) is 4.79 Å². The number of carbonyl (C=O) groups is 1. The van der Waals surface area contributed by atoms with Crippen LogP contribution in [0, 0.1) is 22.7 Å². The molecule has 3 heteroatoms. The normalized spacial score (nSPS) is 35.0. The van der Waals surface area contributed by atoms with E-state index in [4.69, 9.17) is 5.73 Å². The molecule has 2 saturated carbocycles. The number of carbonyl (C=O) groups excluding carboxylic acids is 1. The van der Waals surface area contributed by atoms with Crippen LogP contribution in [0.15, 0.2) is 12.2 Å². The van der Waals surface area contributed by atoms with E-state index in [0.717, 1.165) is 12.1 Å². The van der Waals surface area contributed by atoms with E-state index in [9.17, 15) is 4.79 Å². The summed E-state index contributed by atoms with van der Waals surface area (Å²) in [6, 6.07) is 0.213. The van der Waals surface area contributed by atoms with Gasteiger partial charge in [-0.1, -0.05) is 58.6 Å². The van der Waals surface area contributed by atoms with E-state index < -0.39 is 0 Å². The molecular weight excluding hydrogens is 296 g/mol. The fourth-order valence-electron chi connectivity index (χ4n) is 5.57. The van der Waals surface area contributed by atoms with Gasteiger partial charge in [-0.2, -0.15) is 0 Å². The Bertz CT molecular complexity index is 516.